The van der Waals surface area contributed by atoms with E-state index < -0.39 is 0 Å². The Hall–Kier alpha value is -2.37. The van der Waals surface area contributed by atoms with Crippen LogP contribution in [0.15, 0.2) is 18.3 Å². The van der Waals surface area contributed by atoms with Gasteiger partial charge in [0, 0.05) is 26.2 Å². The van der Waals surface area contributed by atoms with Gasteiger partial charge >= 0.3 is 0 Å². The molecule has 2 amide bonds. The summed E-state index contributed by atoms with van der Waals surface area (Å²) < 4.78 is 1.81. The molecule has 2 N–H and O–H groups in total. The molecule has 2 aromatic rings. The van der Waals surface area contributed by atoms with Crippen molar-refractivity contribution in [3.05, 3.63) is 35.3 Å². The fraction of sp³-hybridized carbons (Fsp3) is 0.400. The summed E-state index contributed by atoms with van der Waals surface area (Å²) in [7, 11) is 0. The van der Waals surface area contributed by atoms with Crippen molar-refractivity contribution in [2.24, 2.45) is 0 Å². The molecular formula is C15H20N4O2. The number of rotatable bonds is 5. The van der Waals surface area contributed by atoms with Crippen molar-refractivity contribution < 1.29 is 9.59 Å². The van der Waals surface area contributed by atoms with E-state index in [2.05, 4.69) is 15.6 Å². The summed E-state index contributed by atoms with van der Waals surface area (Å²) in [6.45, 7) is 6.35. The van der Waals surface area contributed by atoms with Gasteiger partial charge in [-0.3, -0.25) is 14.0 Å². The number of fused-ring (bicyclic) bond motifs is 1. The minimum Gasteiger partial charge on any atom is -0.356 e. The van der Waals surface area contributed by atoms with Gasteiger partial charge in [-0.1, -0.05) is 6.07 Å². The highest BCUT2D eigenvalue weighted by molar-refractivity contribution is 5.94. The molecule has 0 fully saturated rings. The number of aryl methyl sites for hydroxylation is 2. The average molecular weight is 288 g/mol. The second-order valence-corrected chi connectivity index (χ2v) is 5.07. The van der Waals surface area contributed by atoms with Crippen LogP contribution >= 0.6 is 0 Å². The van der Waals surface area contributed by atoms with Crippen molar-refractivity contribution in [1.29, 1.82) is 0 Å². The second kappa shape index (κ2) is 6.39. The van der Waals surface area contributed by atoms with E-state index in [1.165, 1.54) is 6.92 Å². The first-order valence-corrected chi connectivity index (χ1v) is 6.97. The zero-order valence-corrected chi connectivity index (χ0v) is 12.6. The second-order valence-electron chi connectivity index (χ2n) is 5.07. The van der Waals surface area contributed by atoms with Crippen LogP contribution in [0.4, 0.5) is 0 Å². The maximum absolute atomic E-state index is 12.3. The number of carbonyl (C=O) groups excluding carboxylic acids is 2. The van der Waals surface area contributed by atoms with Crippen LogP contribution < -0.4 is 10.6 Å². The normalized spacial score (nSPS) is 10.6. The van der Waals surface area contributed by atoms with Crippen LogP contribution in [0.25, 0.3) is 5.65 Å². The number of imidazole rings is 1. The van der Waals surface area contributed by atoms with Crippen molar-refractivity contribution in [1.82, 2.24) is 20.0 Å². The molecule has 0 aliphatic rings. The number of nitrogens with zero attached hydrogens (tertiary/aromatic N) is 2. The molecule has 0 unspecified atom stereocenters. The van der Waals surface area contributed by atoms with Gasteiger partial charge in [0.15, 0.2) is 0 Å². The first kappa shape index (κ1) is 15.0. The van der Waals surface area contributed by atoms with Crippen LogP contribution in [-0.4, -0.2) is 34.3 Å². The molecule has 6 nitrogen and oxygen atoms in total. The standard InChI is InChI=1S/C15H20N4O2/c1-10-5-6-13-18-11(2)14(19(13)9-10)15(21)17-8-4-7-16-12(3)20/h5-6,9H,4,7-8H2,1-3H3,(H,16,20)(H,17,21). The van der Waals surface area contributed by atoms with Crippen LogP contribution in [0.3, 0.4) is 0 Å². The molecule has 0 aliphatic heterocycles. The molecule has 6 heteroatoms. The number of hydrogen-bond acceptors (Lipinski definition) is 3. The van der Waals surface area contributed by atoms with Gasteiger partial charge in [-0.05, 0) is 31.9 Å². The Kier molecular flexibility index (Phi) is 4.57. The SMILES string of the molecule is CC(=O)NCCCNC(=O)c1c(C)nc2ccc(C)cn12. The summed E-state index contributed by atoms with van der Waals surface area (Å²) in [6, 6.07) is 3.87. The summed E-state index contributed by atoms with van der Waals surface area (Å²) in [5.74, 6) is -0.206. The van der Waals surface area contributed by atoms with Crippen LogP contribution in [-0.2, 0) is 4.79 Å². The lowest BCUT2D eigenvalue weighted by molar-refractivity contribution is -0.118. The summed E-state index contributed by atoms with van der Waals surface area (Å²) in [5.41, 5.74) is 3.11. The van der Waals surface area contributed by atoms with Gasteiger partial charge < -0.3 is 10.6 Å². The fourth-order valence-electron chi connectivity index (χ4n) is 2.18. The number of amides is 2. The van der Waals surface area contributed by atoms with Crippen molar-refractivity contribution in [2.75, 3.05) is 13.1 Å². The highest BCUT2D eigenvalue weighted by Gasteiger charge is 2.15. The molecule has 0 aliphatic carbocycles. The van der Waals surface area contributed by atoms with Crippen molar-refractivity contribution in [3.63, 3.8) is 0 Å². The Labute approximate surface area is 123 Å². The van der Waals surface area contributed by atoms with Gasteiger partial charge in [0.2, 0.25) is 5.91 Å². The Morgan fingerprint density at radius 2 is 1.90 bits per heavy atom. The van der Waals surface area contributed by atoms with Crippen molar-refractivity contribution in [2.45, 2.75) is 27.2 Å². The van der Waals surface area contributed by atoms with Gasteiger partial charge in [-0.25, -0.2) is 4.98 Å². The van der Waals surface area contributed by atoms with Gasteiger partial charge in [-0.2, -0.15) is 0 Å². The molecular weight excluding hydrogens is 268 g/mol. The van der Waals surface area contributed by atoms with Gasteiger partial charge in [0.05, 0.1) is 5.69 Å². The van der Waals surface area contributed by atoms with E-state index in [0.29, 0.717) is 30.9 Å². The summed E-state index contributed by atoms with van der Waals surface area (Å²) in [5, 5.41) is 5.55. The number of aromatic nitrogens is 2. The van der Waals surface area contributed by atoms with E-state index in [9.17, 15) is 9.59 Å². The lowest BCUT2D eigenvalue weighted by Gasteiger charge is -2.07. The average Bonchev–Trinajstić information content (AvgIpc) is 2.73. The predicted molar refractivity (Wildman–Crippen MR) is 80.3 cm³/mol. The molecule has 2 aromatic heterocycles. The Balaban J connectivity index is 2.04. The molecule has 21 heavy (non-hydrogen) atoms. The lowest BCUT2D eigenvalue weighted by Crippen LogP contribution is -2.29. The van der Waals surface area contributed by atoms with Crippen LogP contribution in [0.5, 0.6) is 0 Å². The van der Waals surface area contributed by atoms with Gasteiger partial charge in [0.25, 0.3) is 5.91 Å². The fourth-order valence-corrected chi connectivity index (χ4v) is 2.18. The molecule has 0 radical (unpaired) electrons. The van der Waals surface area contributed by atoms with Crippen molar-refractivity contribution >= 4 is 17.5 Å². The van der Waals surface area contributed by atoms with Crippen LogP contribution in [0.1, 0.15) is 35.1 Å². The molecule has 112 valence electrons. The zero-order valence-electron chi connectivity index (χ0n) is 12.6. The number of hydrogen-bond donors (Lipinski definition) is 2. The first-order chi connectivity index (χ1) is 9.99. The number of carbonyl (C=O) groups is 2. The maximum Gasteiger partial charge on any atom is 0.270 e. The van der Waals surface area contributed by atoms with E-state index in [0.717, 1.165) is 11.2 Å². The highest BCUT2D eigenvalue weighted by atomic mass is 16.2. The predicted octanol–water partition coefficient (Wildman–Crippen LogP) is 1.21. The number of pyridine rings is 1. The topological polar surface area (TPSA) is 75.5 Å². The molecule has 0 bridgehead atoms. The Morgan fingerprint density at radius 3 is 2.62 bits per heavy atom. The Bertz CT molecular complexity index is 676. The zero-order chi connectivity index (χ0) is 15.4. The van der Waals surface area contributed by atoms with Crippen LogP contribution in [0.2, 0.25) is 0 Å². The Morgan fingerprint density at radius 1 is 1.19 bits per heavy atom. The monoisotopic (exact) mass is 288 g/mol. The molecule has 2 heterocycles. The summed E-state index contributed by atoms with van der Waals surface area (Å²) in [4.78, 5) is 27.4. The first-order valence-electron chi connectivity index (χ1n) is 6.97. The number of nitrogens with one attached hydrogen (secondary N) is 2. The van der Waals surface area contributed by atoms with E-state index >= 15 is 0 Å². The lowest BCUT2D eigenvalue weighted by atomic mass is 10.3. The minimum atomic E-state index is -0.145. The summed E-state index contributed by atoms with van der Waals surface area (Å²) >= 11 is 0. The highest BCUT2D eigenvalue weighted by Crippen LogP contribution is 2.13. The quantitative estimate of drug-likeness (QED) is 0.812. The van der Waals surface area contributed by atoms with Gasteiger partial charge in [0.1, 0.15) is 11.3 Å². The van der Waals surface area contributed by atoms with Gasteiger partial charge in [-0.15, -0.1) is 0 Å². The van der Waals surface area contributed by atoms with E-state index in [4.69, 9.17) is 0 Å². The largest absolute Gasteiger partial charge is 0.356 e. The third kappa shape index (κ3) is 3.59. The molecule has 0 atom stereocenters. The molecule has 0 spiro atoms. The molecule has 2 rings (SSSR count). The minimum absolute atomic E-state index is 0.0607. The smallest absolute Gasteiger partial charge is 0.270 e. The third-order valence-electron chi connectivity index (χ3n) is 3.17. The van der Waals surface area contributed by atoms with E-state index in [-0.39, 0.29) is 11.8 Å². The van der Waals surface area contributed by atoms with Crippen LogP contribution in [0, 0.1) is 13.8 Å². The molecule has 0 saturated heterocycles. The maximum atomic E-state index is 12.3. The van der Waals surface area contributed by atoms with Crippen molar-refractivity contribution in [3.8, 4) is 0 Å². The third-order valence-corrected chi connectivity index (χ3v) is 3.17. The molecule has 0 saturated carbocycles. The summed E-state index contributed by atoms with van der Waals surface area (Å²) in [6.07, 6.45) is 2.60. The molecule has 0 aromatic carbocycles. The van der Waals surface area contributed by atoms with E-state index in [1.807, 2.05) is 36.6 Å². The van der Waals surface area contributed by atoms with E-state index in [1.54, 1.807) is 0 Å².